The smallest absolute Gasteiger partial charge is 0.319 e. The van der Waals surface area contributed by atoms with Crippen LogP contribution in [0.5, 0.6) is 5.75 Å². The highest BCUT2D eigenvalue weighted by atomic mass is 16.5. The number of nitrogens with zero attached hydrogens (tertiary/aromatic N) is 1. The first-order valence-electron chi connectivity index (χ1n) is 8.56. The van der Waals surface area contributed by atoms with Crippen molar-refractivity contribution in [2.75, 3.05) is 32.6 Å². The number of aryl methyl sites for hydroxylation is 1. The molecule has 0 spiro atoms. The molecule has 1 heterocycles. The van der Waals surface area contributed by atoms with E-state index >= 15 is 0 Å². The Morgan fingerprint density at radius 2 is 1.96 bits per heavy atom. The molecule has 2 aromatic carbocycles. The van der Waals surface area contributed by atoms with Gasteiger partial charge in [-0.1, -0.05) is 29.8 Å². The van der Waals surface area contributed by atoms with Gasteiger partial charge in [0.2, 0.25) is 0 Å². The molecule has 0 fully saturated rings. The first-order valence-corrected chi connectivity index (χ1v) is 8.56. The lowest BCUT2D eigenvalue weighted by Crippen LogP contribution is -2.36. The molecule has 0 saturated heterocycles. The van der Waals surface area contributed by atoms with Gasteiger partial charge in [0, 0.05) is 18.7 Å². The molecule has 0 bridgehead atoms. The number of urea groups is 1. The Kier molecular flexibility index (Phi) is 5.24. The van der Waals surface area contributed by atoms with Gasteiger partial charge in [-0.25, -0.2) is 4.79 Å². The Bertz CT molecular complexity index is 741. The summed E-state index contributed by atoms with van der Waals surface area (Å²) in [6, 6.07) is 14.0. The third kappa shape index (κ3) is 4.31. The summed E-state index contributed by atoms with van der Waals surface area (Å²) in [5, 5.41) is 5.84. The second-order valence-corrected chi connectivity index (χ2v) is 6.65. The SMILES string of the molecule is Cc1ccc(NC(=O)NCC(c2ccc3c(c2)CCO3)N(C)C)cc1. The maximum atomic E-state index is 12.2. The van der Waals surface area contributed by atoms with Gasteiger partial charge in [-0.15, -0.1) is 0 Å². The van der Waals surface area contributed by atoms with E-state index in [1.54, 1.807) is 0 Å². The molecule has 0 aliphatic carbocycles. The third-order valence-electron chi connectivity index (χ3n) is 4.49. The van der Waals surface area contributed by atoms with Crippen molar-refractivity contribution in [2.45, 2.75) is 19.4 Å². The first kappa shape index (κ1) is 17.3. The van der Waals surface area contributed by atoms with Crippen molar-refractivity contribution in [1.82, 2.24) is 10.2 Å². The minimum Gasteiger partial charge on any atom is -0.493 e. The average Bonchev–Trinajstić information content (AvgIpc) is 3.04. The van der Waals surface area contributed by atoms with Crippen LogP contribution < -0.4 is 15.4 Å². The molecule has 2 aromatic rings. The minimum absolute atomic E-state index is 0.106. The van der Waals surface area contributed by atoms with Gasteiger partial charge in [-0.2, -0.15) is 0 Å². The van der Waals surface area contributed by atoms with Gasteiger partial charge in [0.25, 0.3) is 0 Å². The topological polar surface area (TPSA) is 53.6 Å². The Balaban J connectivity index is 1.62. The molecule has 132 valence electrons. The lowest BCUT2D eigenvalue weighted by atomic mass is 10.0. The van der Waals surface area contributed by atoms with Gasteiger partial charge in [-0.3, -0.25) is 0 Å². The highest BCUT2D eigenvalue weighted by Gasteiger charge is 2.19. The third-order valence-corrected chi connectivity index (χ3v) is 4.49. The summed E-state index contributed by atoms with van der Waals surface area (Å²) in [6.07, 6.45) is 0.949. The summed E-state index contributed by atoms with van der Waals surface area (Å²) in [6.45, 7) is 3.31. The molecular formula is C20H25N3O2. The van der Waals surface area contributed by atoms with Crippen LogP contribution in [-0.2, 0) is 6.42 Å². The van der Waals surface area contributed by atoms with E-state index in [0.717, 1.165) is 24.5 Å². The van der Waals surface area contributed by atoms with Crippen molar-refractivity contribution in [2.24, 2.45) is 0 Å². The molecule has 0 aromatic heterocycles. The quantitative estimate of drug-likeness (QED) is 0.878. The lowest BCUT2D eigenvalue weighted by Gasteiger charge is -2.25. The highest BCUT2D eigenvalue weighted by molar-refractivity contribution is 5.89. The van der Waals surface area contributed by atoms with Crippen molar-refractivity contribution >= 4 is 11.7 Å². The van der Waals surface area contributed by atoms with Crippen LogP contribution in [0.3, 0.4) is 0 Å². The number of carbonyl (C=O) groups excluding carboxylic acids is 1. The predicted octanol–water partition coefficient (Wildman–Crippen LogP) is 3.35. The molecule has 5 heteroatoms. The van der Waals surface area contributed by atoms with Crippen LogP contribution in [0, 0.1) is 6.92 Å². The van der Waals surface area contributed by atoms with E-state index in [9.17, 15) is 4.79 Å². The maximum Gasteiger partial charge on any atom is 0.319 e. The van der Waals surface area contributed by atoms with Crippen molar-refractivity contribution in [3.8, 4) is 5.75 Å². The zero-order valence-corrected chi connectivity index (χ0v) is 15.0. The van der Waals surface area contributed by atoms with E-state index in [1.807, 2.05) is 51.4 Å². The van der Waals surface area contributed by atoms with E-state index in [0.29, 0.717) is 6.54 Å². The number of amides is 2. The van der Waals surface area contributed by atoms with Crippen molar-refractivity contribution in [3.05, 3.63) is 59.2 Å². The van der Waals surface area contributed by atoms with E-state index < -0.39 is 0 Å². The first-order chi connectivity index (χ1) is 12.0. The summed E-state index contributed by atoms with van der Waals surface area (Å²) < 4.78 is 5.57. The Morgan fingerprint density at radius 3 is 2.68 bits per heavy atom. The second kappa shape index (κ2) is 7.57. The number of hydrogen-bond acceptors (Lipinski definition) is 3. The number of rotatable bonds is 5. The molecule has 3 rings (SSSR count). The fourth-order valence-electron chi connectivity index (χ4n) is 3.01. The number of likely N-dealkylation sites (N-methyl/N-ethyl adjacent to an activating group) is 1. The van der Waals surface area contributed by atoms with Gasteiger partial charge in [0.1, 0.15) is 5.75 Å². The standard InChI is InChI=1S/C20H25N3O2/c1-14-4-7-17(8-5-14)22-20(24)21-13-18(23(2)3)15-6-9-19-16(12-15)10-11-25-19/h4-9,12,18H,10-11,13H2,1-3H3,(H2,21,22,24). The van der Waals surface area contributed by atoms with Crippen LogP contribution >= 0.6 is 0 Å². The zero-order chi connectivity index (χ0) is 17.8. The average molecular weight is 339 g/mol. The van der Waals surface area contributed by atoms with Gasteiger partial charge in [0.15, 0.2) is 0 Å². The summed E-state index contributed by atoms with van der Waals surface area (Å²) in [5.41, 5.74) is 4.39. The summed E-state index contributed by atoms with van der Waals surface area (Å²) >= 11 is 0. The van der Waals surface area contributed by atoms with Gasteiger partial charge in [0.05, 0.1) is 12.6 Å². The van der Waals surface area contributed by atoms with Gasteiger partial charge < -0.3 is 20.3 Å². The molecular weight excluding hydrogens is 314 g/mol. The summed E-state index contributed by atoms with van der Waals surface area (Å²) in [7, 11) is 4.04. The predicted molar refractivity (Wildman–Crippen MR) is 100 cm³/mol. The summed E-state index contributed by atoms with van der Waals surface area (Å²) in [5.74, 6) is 0.978. The molecule has 0 saturated carbocycles. The van der Waals surface area contributed by atoms with Crippen molar-refractivity contribution in [1.29, 1.82) is 0 Å². The van der Waals surface area contributed by atoms with E-state index in [2.05, 4.69) is 27.7 Å². The van der Waals surface area contributed by atoms with E-state index in [-0.39, 0.29) is 12.1 Å². The zero-order valence-electron chi connectivity index (χ0n) is 15.0. The van der Waals surface area contributed by atoms with Crippen LogP contribution in [0.4, 0.5) is 10.5 Å². The molecule has 2 amide bonds. The summed E-state index contributed by atoms with van der Waals surface area (Å²) in [4.78, 5) is 14.3. The van der Waals surface area contributed by atoms with Crippen molar-refractivity contribution in [3.63, 3.8) is 0 Å². The number of hydrogen-bond donors (Lipinski definition) is 2. The Morgan fingerprint density at radius 1 is 1.20 bits per heavy atom. The van der Waals surface area contributed by atoms with Gasteiger partial charge >= 0.3 is 6.03 Å². The number of ether oxygens (including phenoxy) is 1. The van der Waals surface area contributed by atoms with E-state index in [4.69, 9.17) is 4.74 Å². The second-order valence-electron chi connectivity index (χ2n) is 6.65. The maximum absolute atomic E-state index is 12.2. The molecule has 0 radical (unpaired) electrons. The molecule has 25 heavy (non-hydrogen) atoms. The molecule has 2 N–H and O–H groups in total. The molecule has 1 atom stereocenters. The number of anilines is 1. The van der Waals surface area contributed by atoms with Crippen LogP contribution in [0.1, 0.15) is 22.7 Å². The van der Waals surface area contributed by atoms with Crippen LogP contribution in [-0.4, -0.2) is 38.2 Å². The van der Waals surface area contributed by atoms with Gasteiger partial charge in [-0.05, 0) is 50.3 Å². The number of benzene rings is 2. The largest absolute Gasteiger partial charge is 0.493 e. The number of fused-ring (bicyclic) bond motifs is 1. The van der Waals surface area contributed by atoms with Crippen LogP contribution in [0.25, 0.3) is 0 Å². The molecule has 1 aliphatic rings. The lowest BCUT2D eigenvalue weighted by molar-refractivity contribution is 0.243. The fraction of sp³-hybridized carbons (Fsp3) is 0.350. The Labute approximate surface area is 149 Å². The molecule has 5 nitrogen and oxygen atoms in total. The number of nitrogens with one attached hydrogen (secondary N) is 2. The van der Waals surface area contributed by atoms with E-state index in [1.165, 1.54) is 16.7 Å². The fourth-order valence-corrected chi connectivity index (χ4v) is 3.01. The molecule has 1 unspecified atom stereocenters. The molecule has 1 aliphatic heterocycles. The number of carbonyl (C=O) groups is 1. The van der Waals surface area contributed by atoms with Crippen LogP contribution in [0.15, 0.2) is 42.5 Å². The van der Waals surface area contributed by atoms with Crippen LogP contribution in [0.2, 0.25) is 0 Å². The highest BCUT2D eigenvalue weighted by Crippen LogP contribution is 2.29. The monoisotopic (exact) mass is 339 g/mol. The normalized spacial score (nSPS) is 13.9. The Hall–Kier alpha value is -2.53. The van der Waals surface area contributed by atoms with Crippen molar-refractivity contribution < 1.29 is 9.53 Å². The minimum atomic E-state index is -0.194.